The smallest absolute Gasteiger partial charge is 0.135 e. The van der Waals surface area contributed by atoms with Crippen LogP contribution in [0.2, 0.25) is 0 Å². The predicted molar refractivity (Wildman–Crippen MR) is 65.2 cm³/mol. The zero-order valence-corrected chi connectivity index (χ0v) is 10.1. The van der Waals surface area contributed by atoms with Crippen LogP contribution in [0.15, 0.2) is 32.2 Å². The fourth-order valence-corrected chi connectivity index (χ4v) is 2.62. The molecule has 0 bridgehead atoms. The monoisotopic (exact) mass is 279 g/mol. The molecule has 16 heavy (non-hydrogen) atoms. The molecule has 0 radical (unpaired) electrons. The maximum atomic E-state index is 9.02. The molecular weight excluding hydrogens is 270 g/mol. The Morgan fingerprint density at radius 1 is 1.31 bits per heavy atom. The lowest BCUT2D eigenvalue weighted by Crippen LogP contribution is -2.09. The van der Waals surface area contributed by atoms with Gasteiger partial charge in [0, 0.05) is 21.8 Å². The Hall–Kier alpha value is -1.29. The van der Waals surface area contributed by atoms with E-state index in [0.29, 0.717) is 0 Å². The zero-order chi connectivity index (χ0) is 11.1. The summed E-state index contributed by atoms with van der Waals surface area (Å²) in [5, 5.41) is 13.4. The second kappa shape index (κ2) is 3.63. The van der Waals surface area contributed by atoms with Gasteiger partial charge in [0.05, 0.1) is 5.71 Å². The van der Waals surface area contributed by atoms with Crippen LogP contribution in [0.4, 0.5) is 0 Å². The molecule has 0 fully saturated rings. The van der Waals surface area contributed by atoms with Crippen LogP contribution in [-0.2, 0) is 6.42 Å². The number of fused-ring (bicyclic) bond motifs is 3. The Bertz CT molecular complexity index is 586. The van der Waals surface area contributed by atoms with Gasteiger partial charge in [0.15, 0.2) is 0 Å². The zero-order valence-electron chi connectivity index (χ0n) is 8.53. The van der Waals surface area contributed by atoms with Crippen molar-refractivity contribution in [1.29, 1.82) is 0 Å². The van der Waals surface area contributed by atoms with E-state index < -0.39 is 0 Å². The van der Waals surface area contributed by atoms with E-state index in [4.69, 9.17) is 9.62 Å². The predicted octanol–water partition coefficient (Wildman–Crippen LogP) is 3.71. The highest BCUT2D eigenvalue weighted by Crippen LogP contribution is 2.33. The number of furan rings is 1. The molecule has 0 saturated carbocycles. The third kappa shape index (κ3) is 1.37. The molecule has 2 aromatic rings. The van der Waals surface area contributed by atoms with Gasteiger partial charge in [-0.3, -0.25) is 0 Å². The summed E-state index contributed by atoms with van der Waals surface area (Å²) >= 11 is 3.44. The van der Waals surface area contributed by atoms with E-state index in [1.54, 1.807) is 0 Å². The highest BCUT2D eigenvalue weighted by Gasteiger charge is 2.23. The topological polar surface area (TPSA) is 45.7 Å². The van der Waals surface area contributed by atoms with Crippen LogP contribution in [0.1, 0.15) is 24.2 Å². The van der Waals surface area contributed by atoms with Gasteiger partial charge in [-0.1, -0.05) is 21.1 Å². The molecule has 0 unspecified atom stereocenters. The van der Waals surface area contributed by atoms with Crippen LogP contribution in [0.5, 0.6) is 0 Å². The third-order valence-electron chi connectivity index (χ3n) is 2.95. The van der Waals surface area contributed by atoms with Crippen LogP contribution in [0.25, 0.3) is 11.0 Å². The number of rotatable bonds is 0. The number of oxime groups is 1. The molecule has 0 spiro atoms. The molecule has 1 heterocycles. The molecule has 0 aliphatic heterocycles. The maximum Gasteiger partial charge on any atom is 0.135 e. The number of nitrogens with zero attached hydrogens (tertiary/aromatic N) is 1. The van der Waals surface area contributed by atoms with Crippen LogP contribution in [0.3, 0.4) is 0 Å². The molecule has 1 aliphatic rings. The summed E-state index contributed by atoms with van der Waals surface area (Å²) in [7, 11) is 0. The first-order valence-corrected chi connectivity index (χ1v) is 6.01. The van der Waals surface area contributed by atoms with Crippen LogP contribution < -0.4 is 0 Å². The van der Waals surface area contributed by atoms with Crippen molar-refractivity contribution in [3.05, 3.63) is 34.0 Å². The SMILES string of the molecule is O/N=C1\CCCc2oc3ccc(Br)cc3c21. The summed E-state index contributed by atoms with van der Waals surface area (Å²) in [4.78, 5) is 0. The second-order valence-electron chi connectivity index (χ2n) is 3.94. The molecule has 82 valence electrons. The lowest BCUT2D eigenvalue weighted by Gasteiger charge is -2.10. The first kappa shape index (κ1) is 9.90. The summed E-state index contributed by atoms with van der Waals surface area (Å²) in [5.41, 5.74) is 2.57. The number of hydrogen-bond donors (Lipinski definition) is 1. The van der Waals surface area contributed by atoms with Gasteiger partial charge in [-0.15, -0.1) is 0 Å². The highest BCUT2D eigenvalue weighted by molar-refractivity contribution is 9.10. The van der Waals surface area contributed by atoms with Crippen molar-refractivity contribution in [3.63, 3.8) is 0 Å². The average Bonchev–Trinajstić information content (AvgIpc) is 2.66. The first-order valence-electron chi connectivity index (χ1n) is 5.22. The van der Waals surface area contributed by atoms with Crippen molar-refractivity contribution in [2.75, 3.05) is 0 Å². The molecule has 4 heteroatoms. The quantitative estimate of drug-likeness (QED) is 0.590. The van der Waals surface area contributed by atoms with Gasteiger partial charge in [0.25, 0.3) is 0 Å². The van der Waals surface area contributed by atoms with E-state index in [-0.39, 0.29) is 0 Å². The van der Waals surface area contributed by atoms with E-state index in [1.807, 2.05) is 18.2 Å². The standard InChI is InChI=1S/C12H10BrNO2/c13-7-4-5-10-8(6-7)12-9(14-15)2-1-3-11(12)16-10/h4-6,15H,1-3H2/b14-9+. The largest absolute Gasteiger partial charge is 0.460 e. The molecule has 1 aromatic heterocycles. The Balaban J connectivity index is 2.36. The van der Waals surface area contributed by atoms with Crippen LogP contribution >= 0.6 is 15.9 Å². The molecular formula is C12H10BrNO2. The van der Waals surface area contributed by atoms with Gasteiger partial charge in [-0.25, -0.2) is 0 Å². The first-order chi connectivity index (χ1) is 7.79. The third-order valence-corrected chi connectivity index (χ3v) is 3.44. The second-order valence-corrected chi connectivity index (χ2v) is 4.86. The van der Waals surface area contributed by atoms with E-state index in [1.165, 1.54) is 0 Å². The van der Waals surface area contributed by atoms with Crippen LogP contribution in [0, 0.1) is 0 Å². The van der Waals surface area contributed by atoms with Gasteiger partial charge in [-0.05, 0) is 31.0 Å². The summed E-state index contributed by atoms with van der Waals surface area (Å²) in [6.45, 7) is 0. The van der Waals surface area contributed by atoms with E-state index in [2.05, 4.69) is 21.1 Å². The lowest BCUT2D eigenvalue weighted by atomic mass is 9.94. The van der Waals surface area contributed by atoms with Crippen molar-refractivity contribution in [2.24, 2.45) is 5.16 Å². The minimum Gasteiger partial charge on any atom is -0.460 e. The summed E-state index contributed by atoms with van der Waals surface area (Å²) in [6, 6.07) is 5.90. The molecule has 1 aliphatic carbocycles. The fraction of sp³-hybridized carbons (Fsp3) is 0.250. The maximum absolute atomic E-state index is 9.02. The Morgan fingerprint density at radius 3 is 3.00 bits per heavy atom. The molecule has 1 aromatic carbocycles. The Kier molecular flexibility index (Phi) is 2.24. The van der Waals surface area contributed by atoms with Gasteiger partial charge < -0.3 is 9.62 Å². The number of hydrogen-bond acceptors (Lipinski definition) is 3. The van der Waals surface area contributed by atoms with Crippen molar-refractivity contribution < 1.29 is 9.62 Å². The van der Waals surface area contributed by atoms with Crippen molar-refractivity contribution in [3.8, 4) is 0 Å². The van der Waals surface area contributed by atoms with Gasteiger partial charge in [0.1, 0.15) is 11.3 Å². The summed E-state index contributed by atoms with van der Waals surface area (Å²) < 4.78 is 6.77. The van der Waals surface area contributed by atoms with Crippen molar-refractivity contribution in [2.45, 2.75) is 19.3 Å². The lowest BCUT2D eigenvalue weighted by molar-refractivity contribution is 0.317. The minimum atomic E-state index is 0.734. The molecule has 3 nitrogen and oxygen atoms in total. The normalized spacial score (nSPS) is 17.9. The molecule has 3 rings (SSSR count). The van der Waals surface area contributed by atoms with Gasteiger partial charge >= 0.3 is 0 Å². The molecule has 0 saturated heterocycles. The fourth-order valence-electron chi connectivity index (χ4n) is 2.25. The molecule has 0 amide bonds. The average molecular weight is 280 g/mol. The summed E-state index contributed by atoms with van der Waals surface area (Å²) in [6.07, 6.45) is 2.71. The molecule has 1 N–H and O–H groups in total. The van der Waals surface area contributed by atoms with E-state index in [9.17, 15) is 0 Å². The van der Waals surface area contributed by atoms with E-state index >= 15 is 0 Å². The Morgan fingerprint density at radius 2 is 2.19 bits per heavy atom. The van der Waals surface area contributed by atoms with Crippen molar-refractivity contribution in [1.82, 2.24) is 0 Å². The number of benzene rings is 1. The molecule has 0 atom stereocenters. The van der Waals surface area contributed by atoms with Crippen LogP contribution in [-0.4, -0.2) is 10.9 Å². The minimum absolute atomic E-state index is 0.734. The van der Waals surface area contributed by atoms with Gasteiger partial charge in [0.2, 0.25) is 0 Å². The summed E-state index contributed by atoms with van der Waals surface area (Å²) in [5.74, 6) is 0.937. The Labute approximate surface area is 101 Å². The number of aryl methyl sites for hydroxylation is 1. The van der Waals surface area contributed by atoms with Crippen molar-refractivity contribution >= 4 is 32.6 Å². The van der Waals surface area contributed by atoms with Gasteiger partial charge in [-0.2, -0.15) is 0 Å². The number of halogens is 1. The highest BCUT2D eigenvalue weighted by atomic mass is 79.9. The van der Waals surface area contributed by atoms with E-state index in [0.717, 1.165) is 51.7 Å².